The van der Waals surface area contributed by atoms with E-state index in [0.29, 0.717) is 12.0 Å². The molecule has 0 radical (unpaired) electrons. The third-order valence-electron chi connectivity index (χ3n) is 4.97. The average molecular weight is 259 g/mol. The van der Waals surface area contributed by atoms with Gasteiger partial charge in [-0.25, -0.2) is 0 Å². The number of aliphatic hydroxyl groups excluding tert-OH is 1. The molecule has 1 aromatic rings. The highest BCUT2D eigenvalue weighted by Crippen LogP contribution is 2.35. The van der Waals surface area contributed by atoms with E-state index in [2.05, 4.69) is 35.2 Å². The zero-order valence-electron chi connectivity index (χ0n) is 11.7. The molecule has 1 aromatic carbocycles. The molecule has 1 N–H and O–H groups in total. The molecule has 2 nitrogen and oxygen atoms in total. The predicted octanol–water partition coefficient (Wildman–Crippen LogP) is 2.85. The number of hydrogen-bond donors (Lipinski definition) is 1. The summed E-state index contributed by atoms with van der Waals surface area (Å²) >= 11 is 0. The summed E-state index contributed by atoms with van der Waals surface area (Å²) in [5.41, 5.74) is 1.43. The zero-order chi connectivity index (χ0) is 13.1. The van der Waals surface area contributed by atoms with Gasteiger partial charge in [-0.15, -0.1) is 0 Å². The first-order valence-corrected chi connectivity index (χ1v) is 7.80. The Morgan fingerprint density at radius 1 is 1.05 bits per heavy atom. The highest BCUT2D eigenvalue weighted by atomic mass is 16.3. The Morgan fingerprint density at radius 2 is 1.89 bits per heavy atom. The van der Waals surface area contributed by atoms with Crippen LogP contribution in [-0.2, 0) is 6.42 Å². The summed E-state index contributed by atoms with van der Waals surface area (Å²) in [6.45, 7) is 2.37. The van der Waals surface area contributed by atoms with E-state index in [1.165, 1.54) is 37.8 Å². The lowest BCUT2D eigenvalue weighted by molar-refractivity contribution is 0.0751. The molecule has 1 aliphatic carbocycles. The van der Waals surface area contributed by atoms with E-state index in [1.807, 2.05) is 0 Å². The molecule has 0 amide bonds. The lowest BCUT2D eigenvalue weighted by Gasteiger charge is -2.31. The Labute approximate surface area is 116 Å². The fourth-order valence-electron chi connectivity index (χ4n) is 3.95. The summed E-state index contributed by atoms with van der Waals surface area (Å²) in [6.07, 6.45) is 7.16. The smallest absolute Gasteiger partial charge is 0.0583 e. The summed E-state index contributed by atoms with van der Waals surface area (Å²) in [7, 11) is 0. The molecule has 1 saturated carbocycles. The number of aliphatic hydroxyl groups is 1. The van der Waals surface area contributed by atoms with Crippen LogP contribution in [-0.4, -0.2) is 35.2 Å². The zero-order valence-corrected chi connectivity index (χ0v) is 11.7. The van der Waals surface area contributed by atoms with Crippen molar-refractivity contribution in [1.82, 2.24) is 4.90 Å². The fourth-order valence-corrected chi connectivity index (χ4v) is 3.95. The van der Waals surface area contributed by atoms with Crippen LogP contribution in [0.15, 0.2) is 30.3 Å². The van der Waals surface area contributed by atoms with E-state index in [1.54, 1.807) is 0 Å². The molecular formula is C17H25NO. The van der Waals surface area contributed by atoms with Crippen LogP contribution in [0.2, 0.25) is 0 Å². The Kier molecular flexibility index (Phi) is 4.19. The van der Waals surface area contributed by atoms with Gasteiger partial charge in [-0.2, -0.15) is 0 Å². The van der Waals surface area contributed by atoms with Crippen molar-refractivity contribution < 1.29 is 5.11 Å². The van der Waals surface area contributed by atoms with Crippen molar-refractivity contribution in [3.8, 4) is 0 Å². The molecule has 1 heterocycles. The van der Waals surface area contributed by atoms with Crippen LogP contribution in [0, 0.1) is 5.92 Å². The Hall–Kier alpha value is -0.860. The first-order chi connectivity index (χ1) is 9.34. The second kappa shape index (κ2) is 6.06. The molecule has 19 heavy (non-hydrogen) atoms. The highest BCUT2D eigenvalue weighted by molar-refractivity contribution is 5.15. The van der Waals surface area contributed by atoms with Crippen LogP contribution >= 0.6 is 0 Å². The van der Waals surface area contributed by atoms with Gasteiger partial charge in [0.15, 0.2) is 0 Å². The maximum absolute atomic E-state index is 10.1. The predicted molar refractivity (Wildman–Crippen MR) is 78.1 cm³/mol. The third-order valence-corrected chi connectivity index (χ3v) is 4.97. The van der Waals surface area contributed by atoms with Gasteiger partial charge in [-0.3, -0.25) is 4.90 Å². The quantitative estimate of drug-likeness (QED) is 0.899. The first kappa shape index (κ1) is 13.1. The topological polar surface area (TPSA) is 23.5 Å². The SMILES string of the molecule is OC1CCCC1C1CCCN1CCc1ccccc1. The summed E-state index contributed by atoms with van der Waals surface area (Å²) in [5, 5.41) is 10.1. The lowest BCUT2D eigenvalue weighted by atomic mass is 9.94. The lowest BCUT2D eigenvalue weighted by Crippen LogP contribution is -2.39. The number of hydrogen-bond acceptors (Lipinski definition) is 2. The fraction of sp³-hybridized carbons (Fsp3) is 0.647. The van der Waals surface area contributed by atoms with Crippen molar-refractivity contribution in [2.45, 2.75) is 50.7 Å². The summed E-state index contributed by atoms with van der Waals surface area (Å²) in [6, 6.07) is 11.4. The first-order valence-electron chi connectivity index (χ1n) is 7.80. The second-order valence-electron chi connectivity index (χ2n) is 6.14. The maximum Gasteiger partial charge on any atom is 0.0583 e. The van der Waals surface area contributed by atoms with Gasteiger partial charge in [-0.05, 0) is 44.2 Å². The van der Waals surface area contributed by atoms with Crippen LogP contribution < -0.4 is 0 Å². The molecule has 104 valence electrons. The second-order valence-corrected chi connectivity index (χ2v) is 6.14. The third kappa shape index (κ3) is 3.01. The minimum atomic E-state index is -0.0395. The molecule has 2 heteroatoms. The summed E-state index contributed by atoms with van der Waals surface area (Å²) < 4.78 is 0. The molecule has 3 unspecified atom stereocenters. The molecule has 1 aliphatic heterocycles. The van der Waals surface area contributed by atoms with Crippen LogP contribution in [0.4, 0.5) is 0 Å². The normalized spacial score (nSPS) is 31.9. The minimum absolute atomic E-state index is 0.0395. The van der Waals surface area contributed by atoms with Crippen molar-refractivity contribution in [2.75, 3.05) is 13.1 Å². The van der Waals surface area contributed by atoms with Crippen molar-refractivity contribution in [3.05, 3.63) is 35.9 Å². The van der Waals surface area contributed by atoms with Crippen molar-refractivity contribution in [2.24, 2.45) is 5.92 Å². The standard InChI is InChI=1S/C17H25NO/c19-17-10-4-8-15(17)16-9-5-12-18(16)13-11-14-6-2-1-3-7-14/h1-3,6-7,15-17,19H,4-5,8-13H2. The largest absolute Gasteiger partial charge is 0.393 e. The van der Waals surface area contributed by atoms with Crippen LogP contribution in [0.25, 0.3) is 0 Å². The number of rotatable bonds is 4. The van der Waals surface area contributed by atoms with Crippen LogP contribution in [0.1, 0.15) is 37.7 Å². The molecule has 3 rings (SSSR count). The Balaban J connectivity index is 1.57. The highest BCUT2D eigenvalue weighted by Gasteiger charge is 2.37. The van der Waals surface area contributed by atoms with Gasteiger partial charge in [0.25, 0.3) is 0 Å². The molecule has 0 bridgehead atoms. The number of likely N-dealkylation sites (tertiary alicyclic amines) is 1. The monoisotopic (exact) mass is 259 g/mol. The van der Waals surface area contributed by atoms with E-state index in [9.17, 15) is 5.11 Å². The van der Waals surface area contributed by atoms with Gasteiger partial charge in [0.1, 0.15) is 0 Å². The molecule has 0 spiro atoms. The minimum Gasteiger partial charge on any atom is -0.393 e. The van der Waals surface area contributed by atoms with Crippen molar-refractivity contribution >= 4 is 0 Å². The number of benzene rings is 1. The molecule has 2 fully saturated rings. The van der Waals surface area contributed by atoms with Crippen molar-refractivity contribution in [1.29, 1.82) is 0 Å². The van der Waals surface area contributed by atoms with E-state index in [0.717, 1.165) is 19.4 Å². The molecule has 0 aromatic heterocycles. The van der Waals surface area contributed by atoms with Gasteiger partial charge in [0, 0.05) is 18.5 Å². The van der Waals surface area contributed by atoms with E-state index in [-0.39, 0.29) is 6.10 Å². The van der Waals surface area contributed by atoms with Gasteiger partial charge < -0.3 is 5.11 Å². The molecular weight excluding hydrogens is 234 g/mol. The van der Waals surface area contributed by atoms with Crippen molar-refractivity contribution in [3.63, 3.8) is 0 Å². The van der Waals surface area contributed by atoms with E-state index in [4.69, 9.17) is 0 Å². The van der Waals surface area contributed by atoms with Crippen LogP contribution in [0.3, 0.4) is 0 Å². The Morgan fingerprint density at radius 3 is 2.63 bits per heavy atom. The van der Waals surface area contributed by atoms with Gasteiger partial charge >= 0.3 is 0 Å². The molecule has 2 aliphatic rings. The Bertz CT molecular complexity index is 392. The van der Waals surface area contributed by atoms with E-state index < -0.39 is 0 Å². The van der Waals surface area contributed by atoms with Gasteiger partial charge in [-0.1, -0.05) is 36.8 Å². The molecule has 1 saturated heterocycles. The summed E-state index contributed by atoms with van der Waals surface area (Å²) in [5.74, 6) is 0.540. The van der Waals surface area contributed by atoms with Crippen LogP contribution in [0.5, 0.6) is 0 Å². The summed E-state index contributed by atoms with van der Waals surface area (Å²) in [4.78, 5) is 2.63. The maximum atomic E-state index is 10.1. The number of nitrogens with zero attached hydrogens (tertiary/aromatic N) is 1. The average Bonchev–Trinajstić information content (AvgIpc) is 3.05. The molecule has 3 atom stereocenters. The van der Waals surface area contributed by atoms with Gasteiger partial charge in [0.05, 0.1) is 6.10 Å². The van der Waals surface area contributed by atoms with Gasteiger partial charge in [0.2, 0.25) is 0 Å². The van der Waals surface area contributed by atoms with E-state index >= 15 is 0 Å².